The van der Waals surface area contributed by atoms with Crippen LogP contribution in [0.5, 0.6) is 0 Å². The van der Waals surface area contributed by atoms with E-state index in [4.69, 9.17) is 16.2 Å². The Morgan fingerprint density at radius 1 is 1.16 bits per heavy atom. The van der Waals surface area contributed by atoms with Crippen molar-refractivity contribution in [2.45, 2.75) is 25.8 Å². The monoisotopic (exact) mass is 420 g/mol. The van der Waals surface area contributed by atoms with Gasteiger partial charge in [-0.15, -0.1) is 0 Å². The Morgan fingerprint density at radius 3 is 2.48 bits per heavy atom. The number of amides is 1. The fraction of sp³-hybridized carbons (Fsp3) is 0.333. The molecule has 160 valence electrons. The third-order valence-electron chi connectivity index (χ3n) is 5.17. The number of rotatable bonds is 6. The second kappa shape index (κ2) is 8.60. The molecular formula is C21H24N8O2. The SMILES string of the molecule is CC(C)C(C(N)=NC(=O)c1cnn(C2COC2)c1)c1ccc(-c2cnc(N)nc2)nc1. The van der Waals surface area contributed by atoms with Crippen LogP contribution in [0.25, 0.3) is 11.3 Å². The number of ether oxygens (including phenoxy) is 1. The van der Waals surface area contributed by atoms with Crippen LogP contribution in [0.4, 0.5) is 5.95 Å². The number of carbonyl (C=O) groups is 1. The highest BCUT2D eigenvalue weighted by Crippen LogP contribution is 2.26. The van der Waals surface area contributed by atoms with Gasteiger partial charge in [-0.3, -0.25) is 14.5 Å². The summed E-state index contributed by atoms with van der Waals surface area (Å²) in [6.45, 7) is 5.24. The van der Waals surface area contributed by atoms with Crippen LogP contribution in [0, 0.1) is 5.92 Å². The Balaban J connectivity index is 1.53. The summed E-state index contributed by atoms with van der Waals surface area (Å²) in [5.74, 6) is -0.119. The van der Waals surface area contributed by atoms with Gasteiger partial charge < -0.3 is 16.2 Å². The second-order valence-corrected chi connectivity index (χ2v) is 7.77. The summed E-state index contributed by atoms with van der Waals surface area (Å²) in [6, 6.07) is 3.95. The predicted octanol–water partition coefficient (Wildman–Crippen LogP) is 1.83. The Morgan fingerprint density at radius 2 is 1.90 bits per heavy atom. The maximum Gasteiger partial charge on any atom is 0.281 e. The fourth-order valence-corrected chi connectivity index (χ4v) is 3.40. The van der Waals surface area contributed by atoms with Crippen molar-refractivity contribution in [3.63, 3.8) is 0 Å². The van der Waals surface area contributed by atoms with Crippen molar-refractivity contribution in [3.05, 3.63) is 54.2 Å². The molecule has 3 aromatic rings. The minimum atomic E-state index is -0.418. The van der Waals surface area contributed by atoms with E-state index in [1.807, 2.05) is 26.0 Å². The quantitative estimate of drug-likeness (QED) is 0.453. The Bertz CT molecular complexity index is 1090. The molecule has 1 atom stereocenters. The number of carbonyl (C=O) groups excluding carboxylic acids is 1. The zero-order valence-corrected chi connectivity index (χ0v) is 17.3. The largest absolute Gasteiger partial charge is 0.387 e. The fourth-order valence-electron chi connectivity index (χ4n) is 3.40. The third-order valence-corrected chi connectivity index (χ3v) is 5.17. The highest BCUT2D eigenvalue weighted by atomic mass is 16.5. The lowest BCUT2D eigenvalue weighted by Gasteiger charge is -2.25. The summed E-state index contributed by atoms with van der Waals surface area (Å²) in [5.41, 5.74) is 14.5. The van der Waals surface area contributed by atoms with Crippen LogP contribution in [0.2, 0.25) is 0 Å². The van der Waals surface area contributed by atoms with Crippen molar-refractivity contribution in [1.82, 2.24) is 24.7 Å². The minimum absolute atomic E-state index is 0.110. The zero-order valence-electron chi connectivity index (χ0n) is 17.3. The molecule has 1 aliphatic rings. The minimum Gasteiger partial charge on any atom is -0.387 e. The number of amidine groups is 1. The van der Waals surface area contributed by atoms with Crippen molar-refractivity contribution in [3.8, 4) is 11.3 Å². The van der Waals surface area contributed by atoms with E-state index in [0.717, 1.165) is 11.1 Å². The predicted molar refractivity (Wildman–Crippen MR) is 115 cm³/mol. The van der Waals surface area contributed by atoms with Gasteiger partial charge in [-0.2, -0.15) is 10.1 Å². The van der Waals surface area contributed by atoms with Gasteiger partial charge in [0.1, 0.15) is 5.84 Å². The lowest BCUT2D eigenvalue weighted by atomic mass is 9.88. The van der Waals surface area contributed by atoms with Crippen molar-refractivity contribution < 1.29 is 9.53 Å². The van der Waals surface area contributed by atoms with E-state index in [0.29, 0.717) is 24.5 Å². The summed E-state index contributed by atoms with van der Waals surface area (Å²) in [4.78, 5) is 29.3. The number of nitrogens with two attached hydrogens (primary N) is 2. The van der Waals surface area contributed by atoms with Crippen LogP contribution in [-0.4, -0.2) is 49.7 Å². The number of hydrogen-bond donors (Lipinski definition) is 2. The molecule has 1 aliphatic heterocycles. The summed E-state index contributed by atoms with van der Waals surface area (Å²) >= 11 is 0. The highest BCUT2D eigenvalue weighted by Gasteiger charge is 2.24. The van der Waals surface area contributed by atoms with Gasteiger partial charge in [0.05, 0.1) is 36.7 Å². The Labute approximate surface area is 179 Å². The topological polar surface area (TPSA) is 147 Å². The van der Waals surface area contributed by atoms with Gasteiger partial charge in [0.25, 0.3) is 5.91 Å². The summed E-state index contributed by atoms with van der Waals surface area (Å²) in [7, 11) is 0. The highest BCUT2D eigenvalue weighted by molar-refractivity contribution is 6.04. The van der Waals surface area contributed by atoms with Gasteiger partial charge >= 0.3 is 0 Å². The average Bonchev–Trinajstić information content (AvgIpc) is 3.17. The molecule has 1 unspecified atom stereocenters. The van der Waals surface area contributed by atoms with E-state index in [-0.39, 0.29) is 29.7 Å². The molecule has 10 nitrogen and oxygen atoms in total. The Hall–Kier alpha value is -3.66. The van der Waals surface area contributed by atoms with E-state index >= 15 is 0 Å². The maximum atomic E-state index is 12.6. The van der Waals surface area contributed by atoms with E-state index < -0.39 is 5.91 Å². The standard InChI is InChI=1S/C21H24N8O2/c1-12(2)18(13-3-4-17(24-5-13)14-6-25-21(23)26-7-14)19(22)28-20(30)15-8-27-29(9-15)16-10-31-11-16/h3-9,12,16,18H,10-11H2,1-2H3,(H2,22,28,30)(H2,23,25,26). The molecule has 10 heteroatoms. The summed E-state index contributed by atoms with van der Waals surface area (Å²) in [6.07, 6.45) is 8.16. The molecule has 4 N–H and O–H groups in total. The zero-order chi connectivity index (χ0) is 22.0. The van der Waals surface area contributed by atoms with Crippen molar-refractivity contribution >= 4 is 17.7 Å². The van der Waals surface area contributed by atoms with Crippen molar-refractivity contribution in [2.24, 2.45) is 16.6 Å². The molecule has 0 radical (unpaired) electrons. The van der Waals surface area contributed by atoms with Crippen LogP contribution in [0.1, 0.15) is 41.7 Å². The first-order chi connectivity index (χ1) is 14.9. The van der Waals surface area contributed by atoms with Gasteiger partial charge in [0.2, 0.25) is 5.95 Å². The molecule has 0 saturated carbocycles. The van der Waals surface area contributed by atoms with E-state index in [2.05, 4.69) is 25.0 Å². The van der Waals surface area contributed by atoms with E-state index in [1.54, 1.807) is 29.5 Å². The molecule has 1 fully saturated rings. The van der Waals surface area contributed by atoms with Crippen molar-refractivity contribution in [1.29, 1.82) is 0 Å². The van der Waals surface area contributed by atoms with Crippen LogP contribution >= 0.6 is 0 Å². The van der Waals surface area contributed by atoms with Gasteiger partial charge in [-0.1, -0.05) is 19.9 Å². The number of aromatic nitrogens is 5. The summed E-state index contributed by atoms with van der Waals surface area (Å²) < 4.78 is 6.89. The van der Waals surface area contributed by atoms with Gasteiger partial charge in [0.15, 0.2) is 0 Å². The maximum absolute atomic E-state index is 12.6. The number of anilines is 1. The molecule has 0 aromatic carbocycles. The molecule has 0 aliphatic carbocycles. The van der Waals surface area contributed by atoms with Gasteiger partial charge in [0, 0.05) is 36.3 Å². The molecule has 4 heterocycles. The van der Waals surface area contributed by atoms with Crippen LogP contribution in [0.15, 0.2) is 48.1 Å². The second-order valence-electron chi connectivity index (χ2n) is 7.77. The van der Waals surface area contributed by atoms with Crippen LogP contribution in [-0.2, 0) is 4.74 Å². The molecule has 0 spiro atoms. The first-order valence-corrected chi connectivity index (χ1v) is 9.96. The molecule has 1 saturated heterocycles. The van der Waals surface area contributed by atoms with Gasteiger partial charge in [-0.25, -0.2) is 9.97 Å². The lowest BCUT2D eigenvalue weighted by Crippen LogP contribution is -2.30. The number of pyridine rings is 1. The molecule has 0 bridgehead atoms. The van der Waals surface area contributed by atoms with Crippen molar-refractivity contribution in [2.75, 3.05) is 18.9 Å². The number of nitrogen functional groups attached to an aromatic ring is 1. The molecule has 31 heavy (non-hydrogen) atoms. The molecule has 3 aromatic heterocycles. The Kier molecular flexibility index (Phi) is 5.72. The number of nitrogens with zero attached hydrogens (tertiary/aromatic N) is 6. The van der Waals surface area contributed by atoms with Crippen LogP contribution in [0.3, 0.4) is 0 Å². The first kappa shape index (κ1) is 20.6. The average molecular weight is 420 g/mol. The normalized spacial score (nSPS) is 15.6. The van der Waals surface area contributed by atoms with Gasteiger partial charge in [-0.05, 0) is 17.5 Å². The third kappa shape index (κ3) is 4.43. The lowest BCUT2D eigenvalue weighted by molar-refractivity contribution is -0.0286. The van der Waals surface area contributed by atoms with E-state index in [1.165, 1.54) is 6.20 Å². The number of hydrogen-bond acceptors (Lipinski definition) is 7. The van der Waals surface area contributed by atoms with Crippen LogP contribution < -0.4 is 11.5 Å². The molecule has 1 amide bonds. The summed E-state index contributed by atoms with van der Waals surface area (Å²) in [5, 5.41) is 4.23. The molecule has 4 rings (SSSR count). The number of aliphatic imine (C=N–C) groups is 1. The smallest absolute Gasteiger partial charge is 0.281 e. The molecular weight excluding hydrogens is 396 g/mol. The van der Waals surface area contributed by atoms with E-state index in [9.17, 15) is 4.79 Å². The first-order valence-electron chi connectivity index (χ1n) is 9.96.